The topological polar surface area (TPSA) is 95.7 Å². The van der Waals surface area contributed by atoms with E-state index in [2.05, 4.69) is 5.32 Å². The van der Waals surface area contributed by atoms with E-state index in [1.165, 1.54) is 44.2 Å². The Hall–Kier alpha value is -2.48. The summed E-state index contributed by atoms with van der Waals surface area (Å²) >= 11 is 0. The van der Waals surface area contributed by atoms with Crippen LogP contribution in [0.15, 0.2) is 24.3 Å². The number of nitrogens with two attached hydrogens (primary N) is 1. The smallest absolute Gasteiger partial charge is 0.245 e. The first-order valence-corrected chi connectivity index (χ1v) is 13.9. The number of hydrogen-bond donors (Lipinski definition) is 2. The Labute approximate surface area is 220 Å². The number of carbonyl (C=O) groups is 3. The molecule has 1 aliphatic carbocycles. The highest BCUT2D eigenvalue weighted by Gasteiger charge is 2.55. The largest absolute Gasteiger partial charge is 0.345 e. The average Bonchev–Trinajstić information content (AvgIpc) is 3.11. The number of hydrogen-bond acceptors (Lipinski definition) is 4. The normalized spacial score (nSPS) is 26.0. The monoisotopic (exact) mass is 514 g/mol. The molecule has 37 heavy (non-hydrogen) atoms. The Bertz CT molecular complexity index is 986. The molecule has 2 aliphatic heterocycles. The van der Waals surface area contributed by atoms with Crippen LogP contribution in [0.5, 0.6) is 0 Å². The van der Waals surface area contributed by atoms with Crippen LogP contribution in [0.2, 0.25) is 0 Å². The maximum absolute atomic E-state index is 13.9. The summed E-state index contributed by atoms with van der Waals surface area (Å²) in [6.07, 6.45) is 8.90. The van der Waals surface area contributed by atoms with Gasteiger partial charge in [0, 0.05) is 32.6 Å². The summed E-state index contributed by atoms with van der Waals surface area (Å²) in [6.45, 7) is 4.67. The molecule has 1 spiro atoms. The number of likely N-dealkylation sites (tertiary alicyclic amines) is 2. The number of carbonyl (C=O) groups excluding carboxylic acids is 3. The van der Waals surface area contributed by atoms with Crippen molar-refractivity contribution < 1.29 is 18.8 Å². The molecule has 7 nitrogen and oxygen atoms in total. The molecule has 1 saturated carbocycles. The summed E-state index contributed by atoms with van der Waals surface area (Å²) in [6, 6.07) is 5.72. The van der Waals surface area contributed by atoms with Gasteiger partial charge in [0.2, 0.25) is 17.7 Å². The molecule has 2 heterocycles. The predicted molar refractivity (Wildman–Crippen MR) is 141 cm³/mol. The predicted octanol–water partition coefficient (Wildman–Crippen LogP) is 3.57. The van der Waals surface area contributed by atoms with Crippen LogP contribution in [0.4, 0.5) is 4.39 Å². The molecule has 0 bridgehead atoms. The fourth-order valence-electron chi connectivity index (χ4n) is 6.61. The summed E-state index contributed by atoms with van der Waals surface area (Å²) in [5.74, 6) is -0.304. The Morgan fingerprint density at radius 3 is 2.49 bits per heavy atom. The maximum atomic E-state index is 13.9. The molecule has 3 fully saturated rings. The van der Waals surface area contributed by atoms with Crippen molar-refractivity contribution in [2.24, 2.45) is 17.1 Å². The van der Waals surface area contributed by atoms with Crippen LogP contribution >= 0.6 is 0 Å². The van der Waals surface area contributed by atoms with Gasteiger partial charge in [0.15, 0.2) is 0 Å². The quantitative estimate of drug-likeness (QED) is 0.582. The van der Waals surface area contributed by atoms with E-state index in [1.54, 1.807) is 42.8 Å². The number of piperidine rings is 1. The molecule has 3 atom stereocenters. The molecule has 3 amide bonds. The third-order valence-corrected chi connectivity index (χ3v) is 8.78. The van der Waals surface area contributed by atoms with Gasteiger partial charge >= 0.3 is 0 Å². The Morgan fingerprint density at radius 1 is 1.16 bits per heavy atom. The number of halogens is 1. The zero-order valence-corrected chi connectivity index (χ0v) is 22.6. The molecule has 2 saturated heterocycles. The second-order valence-electron chi connectivity index (χ2n) is 12.1. The highest BCUT2D eigenvalue weighted by molar-refractivity contribution is 5.92. The van der Waals surface area contributed by atoms with Gasteiger partial charge in [-0.2, -0.15) is 0 Å². The van der Waals surface area contributed by atoms with Crippen LogP contribution in [-0.4, -0.2) is 65.8 Å². The van der Waals surface area contributed by atoms with Crippen LogP contribution in [-0.2, 0) is 14.4 Å². The number of amides is 3. The van der Waals surface area contributed by atoms with Gasteiger partial charge in [-0.25, -0.2) is 4.39 Å². The van der Waals surface area contributed by atoms with Gasteiger partial charge in [-0.3, -0.25) is 14.4 Å². The molecule has 3 aliphatic rings. The fourth-order valence-corrected chi connectivity index (χ4v) is 6.61. The van der Waals surface area contributed by atoms with Crippen molar-refractivity contribution in [1.82, 2.24) is 15.1 Å². The lowest BCUT2D eigenvalue weighted by molar-refractivity contribution is -0.146. The number of nitrogens with zero attached hydrogens (tertiary/aromatic N) is 2. The number of rotatable bonds is 7. The van der Waals surface area contributed by atoms with E-state index in [0.717, 1.165) is 12.0 Å². The number of benzene rings is 1. The third-order valence-electron chi connectivity index (χ3n) is 8.78. The van der Waals surface area contributed by atoms with Crippen molar-refractivity contribution in [3.8, 4) is 0 Å². The van der Waals surface area contributed by atoms with Crippen molar-refractivity contribution in [1.29, 1.82) is 0 Å². The summed E-state index contributed by atoms with van der Waals surface area (Å²) in [4.78, 5) is 43.8. The van der Waals surface area contributed by atoms with Gasteiger partial charge < -0.3 is 20.9 Å². The molecule has 204 valence electrons. The highest BCUT2D eigenvalue weighted by atomic mass is 19.1. The van der Waals surface area contributed by atoms with Crippen LogP contribution in [0, 0.1) is 17.2 Å². The maximum Gasteiger partial charge on any atom is 0.245 e. The molecule has 1 aromatic rings. The van der Waals surface area contributed by atoms with Gasteiger partial charge in [0.25, 0.3) is 0 Å². The van der Waals surface area contributed by atoms with Crippen molar-refractivity contribution in [3.63, 3.8) is 0 Å². The van der Waals surface area contributed by atoms with Gasteiger partial charge in [-0.1, -0.05) is 44.2 Å². The molecular formula is C29H43FN4O3. The van der Waals surface area contributed by atoms with Crippen molar-refractivity contribution >= 4 is 17.7 Å². The van der Waals surface area contributed by atoms with E-state index in [-0.39, 0.29) is 29.5 Å². The van der Waals surface area contributed by atoms with E-state index in [0.29, 0.717) is 44.8 Å². The van der Waals surface area contributed by atoms with Gasteiger partial charge in [0.05, 0.1) is 11.0 Å². The molecule has 3 unspecified atom stereocenters. The van der Waals surface area contributed by atoms with Crippen molar-refractivity contribution in [3.05, 3.63) is 35.6 Å². The van der Waals surface area contributed by atoms with E-state index < -0.39 is 17.0 Å². The lowest BCUT2D eigenvalue weighted by Crippen LogP contribution is -2.59. The molecular weight excluding hydrogens is 471 g/mol. The molecule has 0 radical (unpaired) electrons. The zero-order valence-electron chi connectivity index (χ0n) is 22.6. The SMILES string of the molecule is CN1CC(c2ccc(F)cc2)C2(CCCN(C(=O)C(CCC3CCCCC3)NC(=O)C(C)(C)N)C2)C1=O. The number of nitrogens with one attached hydrogen (secondary N) is 1. The molecule has 4 rings (SSSR count). The van der Waals surface area contributed by atoms with Crippen LogP contribution < -0.4 is 11.1 Å². The molecule has 1 aromatic carbocycles. The molecule has 0 aromatic heterocycles. The minimum absolute atomic E-state index is 0.0326. The summed E-state index contributed by atoms with van der Waals surface area (Å²) in [5.41, 5.74) is 5.13. The first kappa shape index (κ1) is 27.6. The average molecular weight is 515 g/mol. The number of likely N-dealkylation sites (N-methyl/N-ethyl adjacent to an activating group) is 1. The van der Waals surface area contributed by atoms with Gasteiger partial charge in [-0.05, 0) is 63.1 Å². The molecule has 3 N–H and O–H groups in total. The van der Waals surface area contributed by atoms with E-state index in [1.807, 2.05) is 0 Å². The minimum atomic E-state index is -1.09. The Kier molecular flexibility index (Phi) is 8.26. The van der Waals surface area contributed by atoms with Crippen LogP contribution in [0.3, 0.4) is 0 Å². The van der Waals surface area contributed by atoms with Crippen LogP contribution in [0.1, 0.15) is 83.1 Å². The summed E-state index contributed by atoms with van der Waals surface area (Å²) in [7, 11) is 1.80. The molecule has 8 heteroatoms. The van der Waals surface area contributed by atoms with Crippen LogP contribution in [0.25, 0.3) is 0 Å². The Balaban J connectivity index is 1.55. The lowest BCUT2D eigenvalue weighted by atomic mass is 9.69. The van der Waals surface area contributed by atoms with Crippen molar-refractivity contribution in [2.45, 2.75) is 89.1 Å². The van der Waals surface area contributed by atoms with Crippen molar-refractivity contribution in [2.75, 3.05) is 26.7 Å². The first-order chi connectivity index (χ1) is 17.5. The summed E-state index contributed by atoms with van der Waals surface area (Å²) < 4.78 is 13.6. The lowest BCUT2D eigenvalue weighted by Gasteiger charge is -2.43. The zero-order chi connectivity index (χ0) is 26.8. The second kappa shape index (κ2) is 11.1. The minimum Gasteiger partial charge on any atom is -0.345 e. The van der Waals surface area contributed by atoms with Gasteiger partial charge in [-0.15, -0.1) is 0 Å². The second-order valence-corrected chi connectivity index (χ2v) is 12.1. The van der Waals surface area contributed by atoms with Gasteiger partial charge in [0.1, 0.15) is 11.9 Å². The van der Waals surface area contributed by atoms with E-state index in [9.17, 15) is 18.8 Å². The first-order valence-electron chi connectivity index (χ1n) is 13.9. The van der Waals surface area contributed by atoms with E-state index >= 15 is 0 Å². The highest BCUT2D eigenvalue weighted by Crippen LogP contribution is 2.49. The standard InChI is InChI=1S/C29H43FN4O3/c1-28(2,31)26(36)32-24(15-10-20-8-5-4-6-9-20)25(35)34-17-7-16-29(19-34)23(18-33(3)27(29)37)21-11-13-22(30)14-12-21/h11-14,20,23-24H,4-10,15-19,31H2,1-3H3,(H,32,36). The van der Waals surface area contributed by atoms with E-state index in [4.69, 9.17) is 5.73 Å². The third kappa shape index (κ3) is 6.00. The fraction of sp³-hybridized carbons (Fsp3) is 0.690. The summed E-state index contributed by atoms with van der Waals surface area (Å²) in [5, 5.41) is 2.95. The Morgan fingerprint density at radius 2 is 1.84 bits per heavy atom.